The molecule has 0 heterocycles. The molecule has 0 aliphatic carbocycles. The Kier molecular flexibility index (Phi) is 62.2. The van der Waals surface area contributed by atoms with Crippen molar-refractivity contribution in [3.05, 3.63) is 60.8 Å². The molecule has 0 aliphatic heterocycles. The zero-order valence-corrected chi connectivity index (χ0v) is 50.8. The Bertz CT molecular complexity index is 1360. The Balaban J connectivity index is 4.14. The molecular formula is C70H126O6. The van der Waals surface area contributed by atoms with E-state index >= 15 is 0 Å². The molecule has 0 N–H and O–H groups in total. The second kappa shape index (κ2) is 64.6. The number of ether oxygens (including phenoxy) is 3. The summed E-state index contributed by atoms with van der Waals surface area (Å²) in [5.74, 6) is -0.869. The molecule has 0 amide bonds. The molecule has 1 atom stereocenters. The van der Waals surface area contributed by atoms with Crippen LogP contribution in [0.5, 0.6) is 0 Å². The Morgan fingerprint density at radius 3 is 0.737 bits per heavy atom. The van der Waals surface area contributed by atoms with Crippen molar-refractivity contribution in [2.75, 3.05) is 13.2 Å². The first-order valence-corrected chi connectivity index (χ1v) is 33.3. The van der Waals surface area contributed by atoms with Gasteiger partial charge >= 0.3 is 17.9 Å². The van der Waals surface area contributed by atoms with Gasteiger partial charge in [0.15, 0.2) is 6.10 Å². The van der Waals surface area contributed by atoms with Crippen molar-refractivity contribution in [3.8, 4) is 0 Å². The van der Waals surface area contributed by atoms with Crippen LogP contribution in [0.1, 0.15) is 348 Å². The van der Waals surface area contributed by atoms with Crippen LogP contribution < -0.4 is 0 Å². The van der Waals surface area contributed by atoms with Crippen molar-refractivity contribution in [2.24, 2.45) is 0 Å². The average molecular weight is 1060 g/mol. The van der Waals surface area contributed by atoms with Gasteiger partial charge in [0.25, 0.3) is 0 Å². The van der Waals surface area contributed by atoms with Crippen molar-refractivity contribution in [1.29, 1.82) is 0 Å². The molecule has 0 aromatic carbocycles. The van der Waals surface area contributed by atoms with Gasteiger partial charge in [-0.3, -0.25) is 14.4 Å². The van der Waals surface area contributed by atoms with Crippen LogP contribution in [0.25, 0.3) is 0 Å². The van der Waals surface area contributed by atoms with Crippen molar-refractivity contribution in [2.45, 2.75) is 354 Å². The van der Waals surface area contributed by atoms with Crippen molar-refractivity contribution >= 4 is 17.9 Å². The fourth-order valence-corrected chi connectivity index (χ4v) is 9.72. The fourth-order valence-electron chi connectivity index (χ4n) is 9.72. The van der Waals surface area contributed by atoms with Crippen LogP contribution in [-0.4, -0.2) is 37.2 Å². The molecule has 442 valence electrons. The quantitative estimate of drug-likeness (QED) is 0.0261. The summed E-state index contributed by atoms with van der Waals surface area (Å²) in [4.78, 5) is 38.2. The normalized spacial score (nSPS) is 12.4. The van der Waals surface area contributed by atoms with E-state index in [1.165, 1.54) is 225 Å². The van der Waals surface area contributed by atoms with Crippen LogP contribution in [0.15, 0.2) is 60.8 Å². The fraction of sp³-hybridized carbons (Fsp3) is 0.814. The zero-order chi connectivity index (χ0) is 55.0. The van der Waals surface area contributed by atoms with E-state index in [1.807, 2.05) is 0 Å². The highest BCUT2D eigenvalue weighted by Crippen LogP contribution is 2.17. The maximum Gasteiger partial charge on any atom is 0.306 e. The molecule has 0 saturated heterocycles. The lowest BCUT2D eigenvalue weighted by molar-refractivity contribution is -0.167. The van der Waals surface area contributed by atoms with Crippen molar-refractivity contribution in [1.82, 2.24) is 0 Å². The standard InChI is InChI=1S/C70H126O6/c1-4-7-10-13-16-19-21-23-25-27-29-31-33-34-35-36-38-39-41-43-45-47-49-51-54-57-60-63-69(72)75-66-67(65-74-68(71)62-59-56-53-18-15-12-9-6-3)76-70(73)64-61-58-55-52-50-48-46-44-42-40-37-32-30-28-26-24-22-20-17-14-11-8-5-2/h21-24,27-30,37,40,67H,4-20,25-26,31-36,38-39,41-66H2,1-3H3/b23-21-,24-22-,29-27-,30-28-,40-37-. The van der Waals surface area contributed by atoms with Gasteiger partial charge < -0.3 is 14.2 Å². The number of unbranched alkanes of at least 4 members (excludes halogenated alkanes) is 40. The minimum absolute atomic E-state index is 0.0741. The number of carbonyl (C=O) groups is 3. The van der Waals surface area contributed by atoms with Gasteiger partial charge in [-0.05, 0) is 89.9 Å². The summed E-state index contributed by atoms with van der Waals surface area (Å²) < 4.78 is 16.9. The minimum Gasteiger partial charge on any atom is -0.462 e. The molecule has 6 heteroatoms. The first-order valence-electron chi connectivity index (χ1n) is 33.3. The highest BCUT2D eigenvalue weighted by molar-refractivity contribution is 5.71. The number of esters is 3. The number of rotatable bonds is 61. The molecule has 0 aromatic rings. The van der Waals surface area contributed by atoms with E-state index in [1.54, 1.807) is 0 Å². The van der Waals surface area contributed by atoms with Crippen LogP contribution in [-0.2, 0) is 28.6 Å². The highest BCUT2D eigenvalue weighted by Gasteiger charge is 2.19. The maximum absolute atomic E-state index is 12.9. The maximum atomic E-state index is 12.9. The molecule has 0 rings (SSSR count). The SMILES string of the molecule is CCCCCCC/C=C\C/C=C\C/C=C\CCCCCCCCCCC(=O)OC(COC(=O)CCCCCCCCCC)COC(=O)CCCCCCCCCCCCCCCCC/C=C\C/C=C\CCCCCCC. The van der Waals surface area contributed by atoms with Gasteiger partial charge in [-0.2, -0.15) is 0 Å². The van der Waals surface area contributed by atoms with E-state index < -0.39 is 6.10 Å². The molecule has 0 aliphatic rings. The molecule has 76 heavy (non-hydrogen) atoms. The summed E-state index contributed by atoms with van der Waals surface area (Å²) in [6, 6.07) is 0. The molecule has 1 unspecified atom stereocenters. The molecule has 0 bridgehead atoms. The summed E-state index contributed by atoms with van der Waals surface area (Å²) in [7, 11) is 0. The Morgan fingerprint density at radius 1 is 0.263 bits per heavy atom. The lowest BCUT2D eigenvalue weighted by Gasteiger charge is -2.18. The van der Waals surface area contributed by atoms with Gasteiger partial charge in [0.05, 0.1) is 0 Å². The first-order chi connectivity index (χ1) is 37.5. The van der Waals surface area contributed by atoms with Gasteiger partial charge in [-0.25, -0.2) is 0 Å². The number of carbonyl (C=O) groups excluding carboxylic acids is 3. The van der Waals surface area contributed by atoms with Crippen LogP contribution in [0.2, 0.25) is 0 Å². The Hall–Kier alpha value is -2.89. The zero-order valence-electron chi connectivity index (χ0n) is 50.8. The van der Waals surface area contributed by atoms with Gasteiger partial charge in [0.1, 0.15) is 13.2 Å². The Morgan fingerprint density at radius 2 is 0.474 bits per heavy atom. The summed E-state index contributed by atoms with van der Waals surface area (Å²) in [5, 5.41) is 0. The number of allylic oxidation sites excluding steroid dienone is 10. The second-order valence-corrected chi connectivity index (χ2v) is 22.4. The average Bonchev–Trinajstić information content (AvgIpc) is 3.42. The summed E-state index contributed by atoms with van der Waals surface area (Å²) >= 11 is 0. The van der Waals surface area contributed by atoms with E-state index in [9.17, 15) is 14.4 Å². The molecule has 0 radical (unpaired) electrons. The molecular weight excluding hydrogens is 937 g/mol. The molecule has 0 saturated carbocycles. The largest absolute Gasteiger partial charge is 0.462 e. The van der Waals surface area contributed by atoms with Crippen LogP contribution in [0.3, 0.4) is 0 Å². The number of hydrogen-bond acceptors (Lipinski definition) is 6. The smallest absolute Gasteiger partial charge is 0.306 e. The lowest BCUT2D eigenvalue weighted by Crippen LogP contribution is -2.30. The molecule has 0 aromatic heterocycles. The van der Waals surface area contributed by atoms with Gasteiger partial charge in [-0.15, -0.1) is 0 Å². The highest BCUT2D eigenvalue weighted by atomic mass is 16.6. The van der Waals surface area contributed by atoms with E-state index in [4.69, 9.17) is 14.2 Å². The van der Waals surface area contributed by atoms with Crippen LogP contribution in [0.4, 0.5) is 0 Å². The van der Waals surface area contributed by atoms with Crippen LogP contribution in [0, 0.1) is 0 Å². The van der Waals surface area contributed by atoms with E-state index in [0.717, 1.165) is 83.5 Å². The topological polar surface area (TPSA) is 78.9 Å². The summed E-state index contributed by atoms with van der Waals surface area (Å²) in [6.45, 7) is 6.63. The predicted molar refractivity (Wildman–Crippen MR) is 330 cm³/mol. The Labute approximate surface area is 472 Å². The summed E-state index contributed by atoms with van der Waals surface area (Å²) in [5.41, 5.74) is 0. The summed E-state index contributed by atoms with van der Waals surface area (Å²) in [6.07, 6.45) is 82.5. The van der Waals surface area contributed by atoms with E-state index in [-0.39, 0.29) is 31.1 Å². The van der Waals surface area contributed by atoms with Crippen molar-refractivity contribution < 1.29 is 28.6 Å². The third kappa shape index (κ3) is 62.0. The molecule has 6 nitrogen and oxygen atoms in total. The van der Waals surface area contributed by atoms with Crippen molar-refractivity contribution in [3.63, 3.8) is 0 Å². The first kappa shape index (κ1) is 73.1. The van der Waals surface area contributed by atoms with Gasteiger partial charge in [0.2, 0.25) is 0 Å². The number of hydrogen-bond donors (Lipinski definition) is 0. The van der Waals surface area contributed by atoms with E-state index in [2.05, 4.69) is 81.5 Å². The van der Waals surface area contributed by atoms with Gasteiger partial charge in [0, 0.05) is 19.3 Å². The minimum atomic E-state index is -0.776. The second-order valence-electron chi connectivity index (χ2n) is 22.4. The third-order valence-corrected chi connectivity index (χ3v) is 14.7. The predicted octanol–water partition coefficient (Wildman–Crippen LogP) is 22.7. The van der Waals surface area contributed by atoms with E-state index in [0.29, 0.717) is 19.3 Å². The van der Waals surface area contributed by atoms with Gasteiger partial charge in [-0.1, -0.05) is 300 Å². The molecule has 0 fully saturated rings. The third-order valence-electron chi connectivity index (χ3n) is 14.7. The lowest BCUT2D eigenvalue weighted by atomic mass is 10.0. The van der Waals surface area contributed by atoms with Crippen LogP contribution >= 0.6 is 0 Å². The monoisotopic (exact) mass is 1060 g/mol. The molecule has 0 spiro atoms.